The van der Waals surface area contributed by atoms with Crippen LogP contribution in [0.1, 0.15) is 0 Å². The number of nitrogens with zero attached hydrogens (tertiary/aromatic N) is 109. The minimum absolute atomic E-state index is 1.31. The van der Waals surface area contributed by atoms with Crippen molar-refractivity contribution in [1.82, 2.24) is 0 Å². The Morgan fingerprint density at radius 3 is 0.198 bits per heavy atom. The van der Waals surface area contributed by atoms with Gasteiger partial charge in [0.15, 0.2) is 0 Å². The van der Waals surface area contributed by atoms with Gasteiger partial charge in [0.2, 0.25) is 6.19 Å². The van der Waals surface area contributed by atoms with Crippen LogP contribution in [0.5, 0.6) is 0 Å². The normalized spacial score (nSPS) is 15.6. The van der Waals surface area contributed by atoms with E-state index in [4.69, 9.17) is 5.26 Å². The molecule has 0 aliphatic rings. The molecular formula is CH2N110. The summed E-state index contributed by atoms with van der Waals surface area (Å²) in [5, 5.41) is 331. The summed E-state index contributed by atoms with van der Waals surface area (Å²) in [5.74, 6) is 4.64. The molecular weight excluding hydrogens is 1550 g/mol. The molecule has 111 heavy (non-hydrogen) atoms. The van der Waals surface area contributed by atoms with Crippen molar-refractivity contribution < 1.29 is 0 Å². The van der Waals surface area contributed by atoms with E-state index in [0.29, 0.717) is 0 Å². The molecule has 0 heterocycles. The summed E-state index contributed by atoms with van der Waals surface area (Å²) in [7, 11) is 0. The molecule has 0 aromatic rings. The molecule has 0 saturated carbocycles. The highest BCUT2D eigenvalue weighted by Gasteiger charge is 1.81. The minimum Gasteiger partial charge on any atom is -0.303 e. The molecule has 0 atom stereocenters. The third-order valence-electron chi connectivity index (χ3n) is 4.34. The van der Waals surface area contributed by atoms with Crippen LogP contribution in [0, 0.1) is 11.5 Å². The molecule has 0 bridgehead atoms. The second-order valence-corrected chi connectivity index (χ2v) is 9.80. The molecule has 0 aromatic heterocycles. The van der Waals surface area contributed by atoms with Crippen LogP contribution in [0.4, 0.5) is 0 Å². The van der Waals surface area contributed by atoms with Crippen LogP contribution in [0.3, 0.4) is 0 Å². The largest absolute Gasteiger partial charge is 0.303 e. The Balaban J connectivity index is 4.13. The Kier molecular flexibility index (Phi) is 70.1. The monoisotopic (exact) mass is 1550 g/mol. The SMILES string of the molecule is N#CN=N/N=N/N=N/N=N/N=N/N=N/N=N/N=N/N=N/N=N/N=N/N=N/N=N/N=N/N=N/N=N/N=N/N=N/N=N/N=N/N=N/N=N/N=N/N=N/N=N/N=N/N=N/N=N/N=N/N=N/N=N/N=N/N=N/N=N/N=N/N=N/N=N/N=N/N=N/N=N/N=N/N=N/N=N/N=N/N=N/N=N/N=N/N=N/N=N/N=N/N=N/N=N/N=N/N=N/N. The maximum atomic E-state index is 8.03. The number of hydrogen-bond acceptors (Lipinski definition) is 3. The van der Waals surface area contributed by atoms with Crippen molar-refractivity contribution >= 4 is 0 Å². The van der Waals surface area contributed by atoms with Crippen LogP contribution < -0.4 is 5.84 Å². The third-order valence-corrected chi connectivity index (χ3v) is 4.34. The zero-order valence-corrected chi connectivity index (χ0v) is 49.8. The second-order valence-electron chi connectivity index (χ2n) is 9.80. The van der Waals surface area contributed by atoms with E-state index in [-0.39, 0.29) is 0 Å². The fourth-order valence-electron chi connectivity index (χ4n) is 1.92. The first-order valence-electron chi connectivity index (χ1n) is 22.1. The summed E-state index contributed by atoms with van der Waals surface area (Å²) in [6, 6.07) is 0. The topological polar surface area (TPSA) is 1380 Å². The van der Waals surface area contributed by atoms with Crippen LogP contribution in [0.2, 0.25) is 0 Å². The Morgan fingerprint density at radius 1 is 0.0901 bits per heavy atom. The van der Waals surface area contributed by atoms with Crippen molar-refractivity contribution in [3.63, 3.8) is 0 Å². The van der Waals surface area contributed by atoms with E-state index in [1.807, 2.05) is 0 Å². The zero-order valence-electron chi connectivity index (χ0n) is 49.8. The first-order chi connectivity index (χ1) is 55.4. The quantitative estimate of drug-likeness (QED) is 0.0269. The molecule has 0 aliphatic heterocycles. The van der Waals surface area contributed by atoms with Crippen molar-refractivity contribution in [2.24, 2.45) is 570 Å². The highest BCUT2D eigenvalue weighted by atomic mass is 15.8. The van der Waals surface area contributed by atoms with E-state index in [1.54, 1.807) is 0 Å². The molecule has 0 unspecified atom stereocenters. The Bertz CT molecular complexity index is 4190. The highest BCUT2D eigenvalue weighted by molar-refractivity contribution is 4.56. The Morgan fingerprint density at radius 2 is 0.144 bits per heavy atom. The van der Waals surface area contributed by atoms with Gasteiger partial charge in [0.25, 0.3) is 0 Å². The zero-order chi connectivity index (χ0) is 79.1. The molecule has 0 aliphatic carbocycles. The molecule has 0 saturated heterocycles. The second kappa shape index (κ2) is 87.7. The van der Waals surface area contributed by atoms with E-state index in [1.165, 1.54) is 6.19 Å². The van der Waals surface area contributed by atoms with Crippen LogP contribution in [-0.2, 0) is 0 Å². The molecule has 0 rings (SSSR count). The van der Waals surface area contributed by atoms with Gasteiger partial charge in [-0.15, -0.1) is 0 Å². The third kappa shape index (κ3) is 87.7. The van der Waals surface area contributed by atoms with Crippen molar-refractivity contribution in [1.29, 1.82) is 5.26 Å². The van der Waals surface area contributed by atoms with Crippen LogP contribution in [0.25, 0.3) is 0 Å². The number of rotatable bonds is 53. The standard InChI is InChI=1S/CH2N110/c2-1-4-6-8-10-12-14-16-18-20-22-24-26-28-30-32-34-36-38-40-42-44-46-48-50-52-54-56-58-60-62-64-66-68-70-72-74-76-78-80-82-84-86-88-90-92-94-96-98-100-102-104-106-108-110-111-109-107-105-103-101-99-97-95-93-91-89-87-85-83-81-79-77-75-73-71-69-67-65-63-61-59-57-55-53-51-49-47-45-43-41-39-37-35-33-31-29-27-25-23-21-19-17-15-13-11-9-7-5-3/h(H2,3,4,7,8,11,12,15,16,19,20,23,24,27,28,31,32,35,36,39,40,43,44,47,48,51,52,55,56,59,60,63,64,67,68,71,72,75,76,79,80,83,84,87,88,91,92,95,96,99,100,103,104,107,108,111). The fourth-order valence-corrected chi connectivity index (χ4v) is 1.92. The van der Waals surface area contributed by atoms with Gasteiger partial charge in [-0.3, -0.25) is 0 Å². The fraction of sp³-hybridized carbons (Fsp3) is 0. The van der Waals surface area contributed by atoms with Gasteiger partial charge in [-0.1, -0.05) is 5.22 Å². The van der Waals surface area contributed by atoms with Gasteiger partial charge in [0, 0.05) is 475 Å². The van der Waals surface area contributed by atoms with E-state index in [0.717, 1.165) is 0 Å². The number of hydrogen-bond donors (Lipinski definition) is 1. The van der Waals surface area contributed by atoms with E-state index in [9.17, 15) is 0 Å². The van der Waals surface area contributed by atoms with E-state index >= 15 is 0 Å². The van der Waals surface area contributed by atoms with E-state index in [2.05, 4.69) is 570 Å². The summed E-state index contributed by atoms with van der Waals surface area (Å²) in [4.78, 5) is 0. The minimum atomic E-state index is 1.31. The molecule has 0 aromatic carbocycles. The molecule has 110 nitrogen and oxygen atoms in total. The van der Waals surface area contributed by atoms with Crippen molar-refractivity contribution in [2.45, 2.75) is 0 Å². The van der Waals surface area contributed by atoms with Gasteiger partial charge in [0.1, 0.15) is 0 Å². The van der Waals surface area contributed by atoms with Crippen LogP contribution in [-0.4, -0.2) is 0 Å². The molecule has 0 amide bonds. The van der Waals surface area contributed by atoms with E-state index < -0.39 is 0 Å². The van der Waals surface area contributed by atoms with Gasteiger partial charge < -0.3 is 5.84 Å². The summed E-state index contributed by atoms with van der Waals surface area (Å²) < 4.78 is 0. The predicted molar refractivity (Wildman–Crippen MR) is 272 cm³/mol. The van der Waals surface area contributed by atoms with Crippen molar-refractivity contribution in [3.8, 4) is 6.19 Å². The Labute approximate surface area is 581 Å². The van der Waals surface area contributed by atoms with Crippen LogP contribution >= 0.6 is 0 Å². The van der Waals surface area contributed by atoms with Gasteiger partial charge in [-0.2, -0.15) is 5.26 Å². The first kappa shape index (κ1) is 88.7. The summed E-state index contributed by atoms with van der Waals surface area (Å²) >= 11 is 0. The predicted octanol–water partition coefficient (Wildman–Crippen LogP) is 19.3. The smallest absolute Gasteiger partial charge is 0.227 e. The summed E-state index contributed by atoms with van der Waals surface area (Å²) in [5.41, 5.74) is 0. The first-order valence-corrected chi connectivity index (χ1v) is 22.1. The molecule has 556 valence electrons. The summed E-state index contributed by atoms with van der Waals surface area (Å²) in [6.45, 7) is 0. The molecule has 0 spiro atoms. The highest BCUT2D eigenvalue weighted by Crippen LogP contribution is 1.99. The van der Waals surface area contributed by atoms with Gasteiger partial charge in [0.05, 0.1) is 0 Å². The molecule has 0 fully saturated rings. The molecule has 2 N–H and O–H groups in total. The maximum Gasteiger partial charge on any atom is 0.227 e. The Hall–Kier alpha value is -22.3. The number of nitrogens with two attached hydrogens (primary N) is 1. The van der Waals surface area contributed by atoms with Crippen LogP contribution in [0.15, 0.2) is 564 Å². The lowest BCUT2D eigenvalue weighted by Gasteiger charge is -1.71. The maximum absolute atomic E-state index is 8.03. The molecule has 110 heteroatoms. The molecule has 0 radical (unpaired) electrons. The lowest BCUT2D eigenvalue weighted by Crippen LogP contribution is -1.70. The average Bonchev–Trinajstić information content (AvgIpc) is 3.81. The lowest BCUT2D eigenvalue weighted by molar-refractivity contribution is 0.723. The summed E-state index contributed by atoms with van der Waals surface area (Å²) in [6.07, 6.45) is 1.31. The lowest BCUT2D eigenvalue weighted by atomic mass is 11.5. The van der Waals surface area contributed by atoms with Gasteiger partial charge >= 0.3 is 0 Å². The van der Waals surface area contributed by atoms with Crippen molar-refractivity contribution in [3.05, 3.63) is 0 Å². The van der Waals surface area contributed by atoms with Gasteiger partial charge in [-0.25, -0.2) is 0 Å². The van der Waals surface area contributed by atoms with Crippen molar-refractivity contribution in [2.75, 3.05) is 0 Å². The van der Waals surface area contributed by atoms with Gasteiger partial charge in [-0.05, 0) is 83.5 Å². The average molecular weight is 1550 g/mol. The number of nitriles is 1.